The second-order valence-electron chi connectivity index (χ2n) is 8.97. The van der Waals surface area contributed by atoms with E-state index >= 15 is 0 Å². The van der Waals surface area contributed by atoms with E-state index in [9.17, 15) is 0 Å². The molecular weight excluding hydrogens is 272 g/mol. The lowest BCUT2D eigenvalue weighted by atomic mass is 9.74. The third-order valence-corrected chi connectivity index (χ3v) is 5.04. The van der Waals surface area contributed by atoms with Crippen LogP contribution in [0.4, 0.5) is 0 Å². The number of rotatable bonds is 1. The summed E-state index contributed by atoms with van der Waals surface area (Å²) in [5.74, 6) is 0. The van der Waals surface area contributed by atoms with E-state index < -0.39 is 0 Å². The van der Waals surface area contributed by atoms with Crippen LogP contribution in [0.2, 0.25) is 0 Å². The van der Waals surface area contributed by atoms with Crippen LogP contribution in [-0.2, 0) is 20.3 Å². The fraction of sp³-hybridized carbons (Fsp3) is 0.700. The standard InChI is InChI=1S/C20H30O2/c1-12-10-13(19(2,3)4)11-14(20(5,6)7)16(12)18-17-15(22-18)8-9-21-17/h10-11,15,17-18H,8-9H2,1-7H3/t15-,17+,18+/m1/s1. The first kappa shape index (κ1) is 16.0. The van der Waals surface area contributed by atoms with Crippen LogP contribution in [-0.4, -0.2) is 18.8 Å². The highest BCUT2D eigenvalue weighted by molar-refractivity contribution is 5.46. The lowest BCUT2D eigenvalue weighted by Crippen LogP contribution is -2.45. The number of fused-ring (bicyclic) bond motifs is 1. The van der Waals surface area contributed by atoms with Crippen molar-refractivity contribution in [2.45, 2.75) is 84.0 Å². The minimum Gasteiger partial charge on any atom is -0.372 e. The van der Waals surface area contributed by atoms with Crippen molar-refractivity contribution in [1.29, 1.82) is 0 Å². The molecule has 1 aromatic rings. The zero-order chi connectivity index (χ0) is 16.3. The Morgan fingerprint density at radius 2 is 1.68 bits per heavy atom. The molecule has 0 unspecified atom stereocenters. The first-order chi connectivity index (χ1) is 10.1. The minimum atomic E-state index is 0.106. The molecule has 0 saturated carbocycles. The summed E-state index contributed by atoms with van der Waals surface area (Å²) in [5, 5.41) is 0. The van der Waals surface area contributed by atoms with Gasteiger partial charge in [0.1, 0.15) is 12.2 Å². The van der Waals surface area contributed by atoms with Crippen molar-refractivity contribution in [2.24, 2.45) is 0 Å². The van der Waals surface area contributed by atoms with E-state index in [-0.39, 0.29) is 23.0 Å². The topological polar surface area (TPSA) is 18.5 Å². The van der Waals surface area contributed by atoms with Gasteiger partial charge >= 0.3 is 0 Å². The maximum Gasteiger partial charge on any atom is 0.114 e. The van der Waals surface area contributed by atoms with Crippen LogP contribution in [0.1, 0.15) is 76.3 Å². The van der Waals surface area contributed by atoms with Crippen LogP contribution < -0.4 is 0 Å². The summed E-state index contributed by atoms with van der Waals surface area (Å²) in [7, 11) is 0. The smallest absolute Gasteiger partial charge is 0.114 e. The van der Waals surface area contributed by atoms with Gasteiger partial charge in [-0.1, -0.05) is 53.7 Å². The molecule has 2 heterocycles. The van der Waals surface area contributed by atoms with Crippen molar-refractivity contribution < 1.29 is 9.47 Å². The fourth-order valence-electron chi connectivity index (χ4n) is 3.66. The summed E-state index contributed by atoms with van der Waals surface area (Å²) in [6.07, 6.45) is 1.75. The molecule has 0 amide bonds. The molecule has 3 atom stereocenters. The molecule has 22 heavy (non-hydrogen) atoms. The summed E-state index contributed by atoms with van der Waals surface area (Å²) < 4.78 is 12.1. The van der Waals surface area contributed by atoms with Gasteiger partial charge in [-0.05, 0) is 46.4 Å². The number of ether oxygens (including phenoxy) is 2. The van der Waals surface area contributed by atoms with E-state index in [1.807, 2.05) is 0 Å². The van der Waals surface area contributed by atoms with Crippen molar-refractivity contribution in [3.63, 3.8) is 0 Å². The van der Waals surface area contributed by atoms with Gasteiger partial charge < -0.3 is 9.47 Å². The van der Waals surface area contributed by atoms with Crippen LogP contribution in [0, 0.1) is 6.92 Å². The molecule has 2 aliphatic rings. The maximum absolute atomic E-state index is 6.17. The van der Waals surface area contributed by atoms with Crippen molar-refractivity contribution in [1.82, 2.24) is 0 Å². The van der Waals surface area contributed by atoms with Gasteiger partial charge in [0.2, 0.25) is 0 Å². The zero-order valence-electron chi connectivity index (χ0n) is 15.1. The van der Waals surface area contributed by atoms with Crippen LogP contribution in [0.15, 0.2) is 12.1 Å². The van der Waals surface area contributed by atoms with E-state index in [1.165, 1.54) is 22.3 Å². The van der Waals surface area contributed by atoms with Crippen LogP contribution in [0.5, 0.6) is 0 Å². The third kappa shape index (κ3) is 2.61. The van der Waals surface area contributed by atoms with Gasteiger partial charge in [0.05, 0.1) is 6.10 Å². The highest BCUT2D eigenvalue weighted by Crippen LogP contribution is 2.47. The predicted octanol–water partition coefficient (Wildman–Crippen LogP) is 4.82. The van der Waals surface area contributed by atoms with Crippen molar-refractivity contribution in [3.05, 3.63) is 34.4 Å². The van der Waals surface area contributed by atoms with Crippen molar-refractivity contribution >= 4 is 0 Å². The Kier molecular flexibility index (Phi) is 3.69. The second kappa shape index (κ2) is 5.07. The minimum absolute atomic E-state index is 0.106. The number of benzene rings is 1. The Morgan fingerprint density at radius 3 is 2.23 bits per heavy atom. The Bertz CT molecular complexity index is 575. The van der Waals surface area contributed by atoms with E-state index in [2.05, 4.69) is 60.6 Å². The quantitative estimate of drug-likeness (QED) is 0.740. The van der Waals surface area contributed by atoms with E-state index in [4.69, 9.17) is 9.47 Å². The van der Waals surface area contributed by atoms with Crippen LogP contribution in [0.3, 0.4) is 0 Å². The van der Waals surface area contributed by atoms with Gasteiger partial charge in [-0.15, -0.1) is 0 Å². The maximum atomic E-state index is 6.17. The Balaban J connectivity index is 2.09. The Hall–Kier alpha value is -0.860. The average molecular weight is 302 g/mol. The largest absolute Gasteiger partial charge is 0.372 e. The monoisotopic (exact) mass is 302 g/mol. The third-order valence-electron chi connectivity index (χ3n) is 5.04. The summed E-state index contributed by atoms with van der Waals surface area (Å²) >= 11 is 0. The molecule has 2 aliphatic heterocycles. The number of aryl methyl sites for hydroxylation is 1. The molecule has 0 aromatic heterocycles. The van der Waals surface area contributed by atoms with Gasteiger partial charge in [-0.2, -0.15) is 0 Å². The van der Waals surface area contributed by atoms with Crippen LogP contribution in [0.25, 0.3) is 0 Å². The van der Waals surface area contributed by atoms with Crippen molar-refractivity contribution in [2.75, 3.05) is 6.61 Å². The van der Waals surface area contributed by atoms with E-state index in [0.717, 1.165) is 13.0 Å². The van der Waals surface area contributed by atoms with Crippen molar-refractivity contribution in [3.8, 4) is 0 Å². The molecule has 3 rings (SSSR count). The first-order valence-corrected chi connectivity index (χ1v) is 8.51. The van der Waals surface area contributed by atoms with Gasteiger partial charge in [-0.3, -0.25) is 0 Å². The Labute approximate surface area is 135 Å². The summed E-state index contributed by atoms with van der Waals surface area (Å²) in [6.45, 7) is 16.8. The number of hydrogen-bond acceptors (Lipinski definition) is 2. The molecule has 2 fully saturated rings. The summed E-state index contributed by atoms with van der Waals surface area (Å²) in [5.41, 5.74) is 5.79. The van der Waals surface area contributed by atoms with E-state index in [0.29, 0.717) is 6.10 Å². The van der Waals surface area contributed by atoms with Crippen LogP contribution >= 0.6 is 0 Å². The van der Waals surface area contributed by atoms with Gasteiger partial charge in [0.15, 0.2) is 0 Å². The molecule has 0 N–H and O–H groups in total. The summed E-state index contributed by atoms with van der Waals surface area (Å²) in [4.78, 5) is 0. The highest BCUT2D eigenvalue weighted by Gasteiger charge is 2.49. The van der Waals surface area contributed by atoms with Gasteiger partial charge in [0, 0.05) is 6.61 Å². The zero-order valence-corrected chi connectivity index (χ0v) is 15.1. The lowest BCUT2D eigenvalue weighted by molar-refractivity contribution is -0.202. The Morgan fingerprint density at radius 1 is 1.00 bits per heavy atom. The van der Waals surface area contributed by atoms with Gasteiger partial charge in [0.25, 0.3) is 0 Å². The normalized spacial score (nSPS) is 28.4. The molecule has 2 nitrogen and oxygen atoms in total. The average Bonchev–Trinajstić information content (AvgIpc) is 2.70. The molecule has 1 aromatic carbocycles. The molecular formula is C20H30O2. The fourth-order valence-corrected chi connectivity index (χ4v) is 3.66. The summed E-state index contributed by atoms with van der Waals surface area (Å²) in [6, 6.07) is 4.74. The first-order valence-electron chi connectivity index (χ1n) is 8.51. The molecule has 122 valence electrons. The molecule has 0 aliphatic carbocycles. The molecule has 0 spiro atoms. The molecule has 2 heteroatoms. The highest BCUT2D eigenvalue weighted by atomic mass is 16.6. The SMILES string of the molecule is Cc1cc(C(C)(C)C)cc(C(C)(C)C)c1[C@@H]1O[C@@H]2CCO[C@@H]21. The predicted molar refractivity (Wildman–Crippen MR) is 90.6 cm³/mol. The molecule has 0 bridgehead atoms. The van der Waals surface area contributed by atoms with Gasteiger partial charge in [-0.25, -0.2) is 0 Å². The molecule has 0 radical (unpaired) electrons. The number of hydrogen-bond donors (Lipinski definition) is 0. The second-order valence-corrected chi connectivity index (χ2v) is 8.97. The lowest BCUT2D eigenvalue weighted by Gasteiger charge is -2.43. The molecule has 2 saturated heterocycles. The van der Waals surface area contributed by atoms with E-state index in [1.54, 1.807) is 0 Å².